The molecular formula is C14H18O2. The Balaban J connectivity index is 2.84. The zero-order chi connectivity index (χ0) is 11.8. The van der Waals surface area contributed by atoms with Gasteiger partial charge in [-0.15, -0.1) is 0 Å². The zero-order valence-corrected chi connectivity index (χ0v) is 9.90. The molecular weight excluding hydrogens is 200 g/mol. The predicted molar refractivity (Wildman–Crippen MR) is 66.6 cm³/mol. The molecule has 0 fully saturated rings. The van der Waals surface area contributed by atoms with Gasteiger partial charge in [0.05, 0.1) is 7.11 Å². The molecule has 0 saturated carbocycles. The van der Waals surface area contributed by atoms with Crippen LogP contribution in [0.15, 0.2) is 30.3 Å². The molecule has 0 heterocycles. The SMILES string of the molecule is CCCC/C(=C\C=O)c1ccc(OC)cc1. The molecule has 86 valence electrons. The van der Waals surface area contributed by atoms with E-state index in [9.17, 15) is 4.79 Å². The maximum Gasteiger partial charge on any atom is 0.143 e. The lowest BCUT2D eigenvalue weighted by atomic mass is 10.00. The highest BCUT2D eigenvalue weighted by Crippen LogP contribution is 2.22. The fourth-order valence-electron chi connectivity index (χ4n) is 1.58. The molecule has 0 aliphatic carbocycles. The monoisotopic (exact) mass is 218 g/mol. The van der Waals surface area contributed by atoms with Crippen LogP contribution in [0.3, 0.4) is 0 Å². The summed E-state index contributed by atoms with van der Waals surface area (Å²) in [6, 6.07) is 7.81. The Morgan fingerprint density at radius 1 is 1.31 bits per heavy atom. The van der Waals surface area contributed by atoms with Crippen LogP contribution in [0, 0.1) is 0 Å². The molecule has 0 unspecified atom stereocenters. The highest BCUT2D eigenvalue weighted by molar-refractivity contribution is 5.81. The highest BCUT2D eigenvalue weighted by Gasteiger charge is 2.01. The molecule has 0 bridgehead atoms. The second-order valence-electron chi connectivity index (χ2n) is 3.66. The number of ether oxygens (including phenoxy) is 1. The number of hydrogen-bond donors (Lipinski definition) is 0. The summed E-state index contributed by atoms with van der Waals surface area (Å²) in [5.74, 6) is 0.838. The minimum absolute atomic E-state index is 0.838. The molecule has 2 heteroatoms. The number of aldehydes is 1. The molecule has 1 aromatic carbocycles. The van der Waals surface area contributed by atoms with Crippen molar-refractivity contribution in [2.24, 2.45) is 0 Å². The van der Waals surface area contributed by atoms with E-state index >= 15 is 0 Å². The number of carbonyl (C=O) groups excluding carboxylic acids is 1. The minimum atomic E-state index is 0.838. The molecule has 2 nitrogen and oxygen atoms in total. The second-order valence-corrected chi connectivity index (χ2v) is 3.66. The summed E-state index contributed by atoms with van der Waals surface area (Å²) in [5, 5.41) is 0. The lowest BCUT2D eigenvalue weighted by Crippen LogP contribution is -1.88. The topological polar surface area (TPSA) is 26.3 Å². The van der Waals surface area contributed by atoms with Crippen molar-refractivity contribution in [3.8, 4) is 5.75 Å². The fourth-order valence-corrected chi connectivity index (χ4v) is 1.58. The predicted octanol–water partition coefficient (Wildman–Crippen LogP) is 3.47. The molecule has 0 aliphatic heterocycles. The summed E-state index contributed by atoms with van der Waals surface area (Å²) in [5.41, 5.74) is 2.20. The standard InChI is InChI=1S/C14H18O2/c1-3-4-5-12(10-11-15)13-6-8-14(16-2)9-7-13/h6-11H,3-5H2,1-2H3/b12-10+. The Kier molecular flexibility index (Phi) is 5.34. The van der Waals surface area contributed by atoms with Crippen molar-refractivity contribution >= 4 is 11.9 Å². The number of allylic oxidation sites excluding steroid dienone is 2. The molecule has 0 N–H and O–H groups in total. The van der Waals surface area contributed by atoms with Gasteiger partial charge in [-0.25, -0.2) is 0 Å². The van der Waals surface area contributed by atoms with E-state index in [0.717, 1.165) is 42.4 Å². The van der Waals surface area contributed by atoms with Crippen LogP contribution in [-0.2, 0) is 4.79 Å². The summed E-state index contributed by atoms with van der Waals surface area (Å²) < 4.78 is 5.10. The van der Waals surface area contributed by atoms with Gasteiger partial charge in [0, 0.05) is 0 Å². The van der Waals surface area contributed by atoms with Gasteiger partial charge in [-0.1, -0.05) is 25.5 Å². The van der Waals surface area contributed by atoms with Crippen molar-refractivity contribution in [1.29, 1.82) is 0 Å². The lowest BCUT2D eigenvalue weighted by molar-refractivity contribution is -0.104. The van der Waals surface area contributed by atoms with Crippen molar-refractivity contribution in [1.82, 2.24) is 0 Å². The van der Waals surface area contributed by atoms with Crippen molar-refractivity contribution in [2.45, 2.75) is 26.2 Å². The summed E-state index contributed by atoms with van der Waals surface area (Å²) in [6.45, 7) is 2.15. The van der Waals surface area contributed by atoms with E-state index in [4.69, 9.17) is 4.74 Å². The van der Waals surface area contributed by atoms with E-state index in [1.807, 2.05) is 24.3 Å². The molecule has 1 aromatic rings. The largest absolute Gasteiger partial charge is 0.497 e. The number of hydrogen-bond acceptors (Lipinski definition) is 2. The summed E-state index contributed by atoms with van der Waals surface area (Å²) in [6.07, 6.45) is 5.69. The third kappa shape index (κ3) is 3.54. The van der Waals surface area contributed by atoms with Gasteiger partial charge in [-0.05, 0) is 42.2 Å². The Labute approximate surface area is 96.9 Å². The van der Waals surface area contributed by atoms with Gasteiger partial charge in [-0.3, -0.25) is 4.79 Å². The van der Waals surface area contributed by atoms with E-state index in [2.05, 4.69) is 6.92 Å². The van der Waals surface area contributed by atoms with E-state index in [1.165, 1.54) is 0 Å². The van der Waals surface area contributed by atoms with Gasteiger partial charge >= 0.3 is 0 Å². The molecule has 0 saturated heterocycles. The summed E-state index contributed by atoms with van der Waals surface area (Å²) in [4.78, 5) is 10.6. The van der Waals surface area contributed by atoms with Crippen molar-refractivity contribution in [3.63, 3.8) is 0 Å². The first-order valence-corrected chi connectivity index (χ1v) is 5.60. The number of methoxy groups -OCH3 is 1. The maximum absolute atomic E-state index is 10.6. The Hall–Kier alpha value is -1.57. The quantitative estimate of drug-likeness (QED) is 0.540. The average molecular weight is 218 g/mol. The first-order chi connectivity index (χ1) is 7.81. The van der Waals surface area contributed by atoms with Gasteiger partial charge in [-0.2, -0.15) is 0 Å². The van der Waals surface area contributed by atoms with E-state index in [1.54, 1.807) is 13.2 Å². The minimum Gasteiger partial charge on any atom is -0.497 e. The fraction of sp³-hybridized carbons (Fsp3) is 0.357. The van der Waals surface area contributed by atoms with Gasteiger partial charge in [0.15, 0.2) is 0 Å². The first-order valence-electron chi connectivity index (χ1n) is 5.60. The molecule has 0 spiro atoms. The van der Waals surface area contributed by atoms with Crippen LogP contribution in [0.5, 0.6) is 5.75 Å². The van der Waals surface area contributed by atoms with Crippen LogP contribution in [0.2, 0.25) is 0 Å². The molecule has 0 radical (unpaired) electrons. The molecule has 0 atom stereocenters. The summed E-state index contributed by atoms with van der Waals surface area (Å²) >= 11 is 0. The molecule has 0 aromatic heterocycles. The molecule has 16 heavy (non-hydrogen) atoms. The summed E-state index contributed by atoms with van der Waals surface area (Å²) in [7, 11) is 1.65. The van der Waals surface area contributed by atoms with Crippen LogP contribution in [0.25, 0.3) is 5.57 Å². The van der Waals surface area contributed by atoms with Crippen LogP contribution < -0.4 is 4.74 Å². The van der Waals surface area contributed by atoms with Gasteiger partial charge in [0.2, 0.25) is 0 Å². The average Bonchev–Trinajstić information content (AvgIpc) is 2.35. The third-order valence-corrected chi connectivity index (χ3v) is 2.53. The Morgan fingerprint density at radius 3 is 2.50 bits per heavy atom. The normalized spacial score (nSPS) is 11.2. The van der Waals surface area contributed by atoms with Crippen molar-refractivity contribution in [3.05, 3.63) is 35.9 Å². The van der Waals surface area contributed by atoms with Crippen molar-refractivity contribution < 1.29 is 9.53 Å². The Bertz CT molecular complexity index is 350. The zero-order valence-electron chi connectivity index (χ0n) is 9.90. The highest BCUT2D eigenvalue weighted by atomic mass is 16.5. The van der Waals surface area contributed by atoms with E-state index < -0.39 is 0 Å². The first kappa shape index (κ1) is 12.5. The van der Waals surface area contributed by atoms with E-state index in [-0.39, 0.29) is 0 Å². The second kappa shape index (κ2) is 6.83. The third-order valence-electron chi connectivity index (χ3n) is 2.53. The molecule has 0 amide bonds. The number of unbranched alkanes of at least 4 members (excludes halogenated alkanes) is 1. The van der Waals surface area contributed by atoms with Crippen LogP contribution in [-0.4, -0.2) is 13.4 Å². The molecule has 1 rings (SSSR count). The lowest BCUT2D eigenvalue weighted by Gasteiger charge is -2.07. The Morgan fingerprint density at radius 2 is 2.00 bits per heavy atom. The van der Waals surface area contributed by atoms with E-state index in [0.29, 0.717) is 0 Å². The number of carbonyl (C=O) groups is 1. The number of benzene rings is 1. The van der Waals surface area contributed by atoms with Crippen LogP contribution >= 0.6 is 0 Å². The van der Waals surface area contributed by atoms with Crippen LogP contribution in [0.1, 0.15) is 31.7 Å². The van der Waals surface area contributed by atoms with Gasteiger partial charge < -0.3 is 4.74 Å². The smallest absolute Gasteiger partial charge is 0.143 e. The van der Waals surface area contributed by atoms with Gasteiger partial charge in [0.25, 0.3) is 0 Å². The molecule has 0 aliphatic rings. The number of rotatable bonds is 6. The van der Waals surface area contributed by atoms with Gasteiger partial charge in [0.1, 0.15) is 12.0 Å². The maximum atomic E-state index is 10.6. The van der Waals surface area contributed by atoms with Crippen molar-refractivity contribution in [2.75, 3.05) is 7.11 Å². The van der Waals surface area contributed by atoms with Crippen LogP contribution in [0.4, 0.5) is 0 Å².